The summed E-state index contributed by atoms with van der Waals surface area (Å²) in [7, 11) is 0. The second-order valence-electron chi connectivity index (χ2n) is 5.54. The highest BCUT2D eigenvalue weighted by molar-refractivity contribution is 5.88. The van der Waals surface area contributed by atoms with Crippen LogP contribution in [0, 0.1) is 6.92 Å². The molecule has 0 atom stereocenters. The molecule has 20 heavy (non-hydrogen) atoms. The van der Waals surface area contributed by atoms with Crippen LogP contribution in [-0.4, -0.2) is 27.6 Å². The number of nitrogens with one attached hydrogen (secondary N) is 1. The Bertz CT molecular complexity index is 485. The van der Waals surface area contributed by atoms with Crippen molar-refractivity contribution >= 4 is 11.9 Å². The lowest BCUT2D eigenvalue weighted by molar-refractivity contribution is -0.122. The van der Waals surface area contributed by atoms with Crippen molar-refractivity contribution in [1.29, 1.82) is 0 Å². The summed E-state index contributed by atoms with van der Waals surface area (Å²) >= 11 is 0. The molecule has 1 aromatic heterocycles. The average Bonchev–Trinajstić information content (AvgIpc) is 2.60. The molecular weight excluding hydrogens is 256 g/mol. The number of amides is 1. The first-order chi connectivity index (χ1) is 9.58. The van der Waals surface area contributed by atoms with Crippen LogP contribution >= 0.6 is 0 Å². The Morgan fingerprint density at radius 1 is 1.30 bits per heavy atom. The minimum Gasteiger partial charge on any atom is -0.477 e. The Morgan fingerprint density at radius 3 is 2.55 bits per heavy atom. The highest BCUT2D eigenvalue weighted by Crippen LogP contribution is 2.17. The number of carboxylic acid groups (broad SMARTS) is 1. The van der Waals surface area contributed by atoms with Crippen LogP contribution in [0.5, 0.6) is 0 Å². The fraction of sp³-hybridized carbons (Fsp3) is 0.600. The number of hydrogen-bond acceptors (Lipinski definition) is 2. The zero-order chi connectivity index (χ0) is 14.5. The van der Waals surface area contributed by atoms with Crippen molar-refractivity contribution in [2.24, 2.45) is 0 Å². The molecule has 0 aromatic carbocycles. The number of carboxylic acids is 1. The normalized spacial score (nSPS) is 16.6. The molecule has 0 saturated heterocycles. The van der Waals surface area contributed by atoms with E-state index in [1.807, 2.05) is 0 Å². The second kappa shape index (κ2) is 6.59. The van der Waals surface area contributed by atoms with Gasteiger partial charge >= 0.3 is 5.97 Å². The molecule has 0 radical (unpaired) electrons. The third kappa shape index (κ3) is 3.62. The van der Waals surface area contributed by atoms with Gasteiger partial charge in [-0.25, -0.2) is 4.79 Å². The predicted octanol–water partition coefficient (Wildman–Crippen LogP) is 2.33. The van der Waals surface area contributed by atoms with Crippen molar-refractivity contribution in [3.8, 4) is 0 Å². The molecule has 2 rings (SSSR count). The summed E-state index contributed by atoms with van der Waals surface area (Å²) in [4.78, 5) is 23.2. The highest BCUT2D eigenvalue weighted by Gasteiger charge is 2.18. The van der Waals surface area contributed by atoms with E-state index in [1.165, 1.54) is 17.4 Å². The van der Waals surface area contributed by atoms with Gasteiger partial charge in [-0.1, -0.05) is 25.7 Å². The Hall–Kier alpha value is -1.78. The zero-order valence-corrected chi connectivity index (χ0v) is 11.9. The zero-order valence-electron chi connectivity index (χ0n) is 11.9. The van der Waals surface area contributed by atoms with Crippen LogP contribution in [0.3, 0.4) is 0 Å². The van der Waals surface area contributed by atoms with Crippen molar-refractivity contribution in [2.45, 2.75) is 58.0 Å². The van der Waals surface area contributed by atoms with Crippen molar-refractivity contribution in [1.82, 2.24) is 9.88 Å². The van der Waals surface area contributed by atoms with Crippen LogP contribution < -0.4 is 5.32 Å². The van der Waals surface area contributed by atoms with Gasteiger partial charge in [-0.2, -0.15) is 0 Å². The SMILES string of the molecule is Cc1ccn(CC(=O)NC2CCCCCC2)c1C(=O)O. The number of aromatic nitrogens is 1. The summed E-state index contributed by atoms with van der Waals surface area (Å²) in [6.07, 6.45) is 8.52. The summed E-state index contributed by atoms with van der Waals surface area (Å²) in [5.41, 5.74) is 0.876. The lowest BCUT2D eigenvalue weighted by Gasteiger charge is -2.17. The molecule has 1 aliphatic carbocycles. The Morgan fingerprint density at radius 2 is 1.95 bits per heavy atom. The van der Waals surface area contributed by atoms with Gasteiger partial charge in [0.1, 0.15) is 12.2 Å². The van der Waals surface area contributed by atoms with Gasteiger partial charge in [0.15, 0.2) is 0 Å². The molecule has 1 saturated carbocycles. The van der Waals surface area contributed by atoms with Gasteiger partial charge in [0.05, 0.1) is 0 Å². The number of aryl methyl sites for hydroxylation is 1. The first-order valence-electron chi connectivity index (χ1n) is 7.26. The molecule has 1 aliphatic rings. The fourth-order valence-corrected chi connectivity index (χ4v) is 2.86. The standard InChI is InChI=1S/C15H22N2O3/c1-11-8-9-17(14(11)15(19)20)10-13(18)16-12-6-4-2-3-5-7-12/h8-9,12H,2-7,10H2,1H3,(H,16,18)(H,19,20). The smallest absolute Gasteiger partial charge is 0.352 e. The lowest BCUT2D eigenvalue weighted by Crippen LogP contribution is -2.37. The first kappa shape index (κ1) is 14.6. The molecule has 5 heteroatoms. The topological polar surface area (TPSA) is 71.3 Å². The van der Waals surface area contributed by atoms with E-state index in [0.29, 0.717) is 5.56 Å². The molecule has 1 fully saturated rings. The summed E-state index contributed by atoms with van der Waals surface area (Å²) in [6, 6.07) is 1.97. The van der Waals surface area contributed by atoms with Gasteiger partial charge in [0, 0.05) is 12.2 Å². The molecule has 1 heterocycles. The maximum atomic E-state index is 12.1. The van der Waals surface area contributed by atoms with E-state index < -0.39 is 5.97 Å². The fourth-order valence-electron chi connectivity index (χ4n) is 2.86. The van der Waals surface area contributed by atoms with Gasteiger partial charge < -0.3 is 15.0 Å². The van der Waals surface area contributed by atoms with E-state index in [9.17, 15) is 9.59 Å². The van der Waals surface area contributed by atoms with E-state index >= 15 is 0 Å². The first-order valence-corrected chi connectivity index (χ1v) is 7.26. The summed E-state index contributed by atoms with van der Waals surface area (Å²) < 4.78 is 1.50. The van der Waals surface area contributed by atoms with Crippen molar-refractivity contribution in [2.75, 3.05) is 0 Å². The van der Waals surface area contributed by atoms with Crippen LogP contribution in [-0.2, 0) is 11.3 Å². The van der Waals surface area contributed by atoms with Crippen molar-refractivity contribution < 1.29 is 14.7 Å². The summed E-state index contributed by atoms with van der Waals surface area (Å²) in [5, 5.41) is 12.2. The van der Waals surface area contributed by atoms with Crippen molar-refractivity contribution in [3.63, 3.8) is 0 Å². The minimum absolute atomic E-state index is 0.0754. The molecule has 0 aliphatic heterocycles. The Balaban J connectivity index is 1.95. The number of nitrogens with zero attached hydrogens (tertiary/aromatic N) is 1. The van der Waals surface area contributed by atoms with E-state index in [0.717, 1.165) is 25.7 Å². The lowest BCUT2D eigenvalue weighted by atomic mass is 10.1. The van der Waals surface area contributed by atoms with Crippen LogP contribution in [0.15, 0.2) is 12.3 Å². The van der Waals surface area contributed by atoms with E-state index in [2.05, 4.69) is 5.32 Å². The average molecular weight is 278 g/mol. The molecule has 1 amide bonds. The summed E-state index contributed by atoms with van der Waals surface area (Å²) in [6.45, 7) is 1.81. The van der Waals surface area contributed by atoms with Crippen LogP contribution in [0.2, 0.25) is 0 Å². The molecule has 5 nitrogen and oxygen atoms in total. The van der Waals surface area contributed by atoms with Gasteiger partial charge in [0.2, 0.25) is 5.91 Å². The molecule has 0 bridgehead atoms. The van der Waals surface area contributed by atoms with Gasteiger partial charge in [-0.15, -0.1) is 0 Å². The molecule has 1 aromatic rings. The Labute approximate surface area is 119 Å². The second-order valence-corrected chi connectivity index (χ2v) is 5.54. The molecule has 2 N–H and O–H groups in total. The number of rotatable bonds is 4. The Kier molecular flexibility index (Phi) is 4.82. The highest BCUT2D eigenvalue weighted by atomic mass is 16.4. The molecule has 0 spiro atoms. The third-order valence-electron chi connectivity index (χ3n) is 3.90. The third-order valence-corrected chi connectivity index (χ3v) is 3.90. The summed E-state index contributed by atoms with van der Waals surface area (Å²) in [5.74, 6) is -1.09. The largest absolute Gasteiger partial charge is 0.477 e. The van der Waals surface area contributed by atoms with Crippen LogP contribution in [0.25, 0.3) is 0 Å². The van der Waals surface area contributed by atoms with Crippen LogP contribution in [0.4, 0.5) is 0 Å². The van der Waals surface area contributed by atoms with Crippen molar-refractivity contribution in [3.05, 3.63) is 23.5 Å². The number of aromatic carboxylic acids is 1. The maximum absolute atomic E-state index is 12.1. The molecule has 0 unspecified atom stereocenters. The number of carbonyl (C=O) groups is 2. The number of carbonyl (C=O) groups excluding carboxylic acids is 1. The van der Waals surface area contributed by atoms with Gasteiger partial charge in [0.25, 0.3) is 0 Å². The quantitative estimate of drug-likeness (QED) is 0.830. The van der Waals surface area contributed by atoms with E-state index in [-0.39, 0.29) is 24.2 Å². The van der Waals surface area contributed by atoms with E-state index in [1.54, 1.807) is 19.2 Å². The van der Waals surface area contributed by atoms with Gasteiger partial charge in [-0.05, 0) is 31.4 Å². The number of hydrogen-bond donors (Lipinski definition) is 2. The minimum atomic E-state index is -0.991. The van der Waals surface area contributed by atoms with Crippen LogP contribution in [0.1, 0.15) is 54.6 Å². The molecular formula is C15H22N2O3. The van der Waals surface area contributed by atoms with Gasteiger partial charge in [-0.3, -0.25) is 4.79 Å². The molecule has 110 valence electrons. The maximum Gasteiger partial charge on any atom is 0.352 e. The predicted molar refractivity (Wildman–Crippen MR) is 75.8 cm³/mol. The van der Waals surface area contributed by atoms with E-state index in [4.69, 9.17) is 5.11 Å². The monoisotopic (exact) mass is 278 g/mol.